The Morgan fingerprint density at radius 2 is 1.08 bits per heavy atom. The summed E-state index contributed by atoms with van der Waals surface area (Å²) in [4.78, 5) is 0. The monoisotopic (exact) mass is 678 g/mol. The van der Waals surface area contributed by atoms with Crippen molar-refractivity contribution in [3.05, 3.63) is 198 Å². The van der Waals surface area contributed by atoms with E-state index >= 15 is 0 Å². The zero-order chi connectivity index (χ0) is 34.0. The van der Waals surface area contributed by atoms with Crippen molar-refractivity contribution >= 4 is 64.7 Å². The smallest absolute Gasteiger partial charge is 0.0726 e. The first-order chi connectivity index (χ1) is 25.8. The van der Waals surface area contributed by atoms with E-state index in [0.29, 0.717) is 0 Å². The molecule has 2 heterocycles. The fraction of sp³-hybridized carbons (Fsp3) is 0.0204. The largest absolute Gasteiger partial charge is 0.356 e. The number of benzene rings is 8. The van der Waals surface area contributed by atoms with E-state index in [4.69, 9.17) is 0 Å². The molecule has 52 heavy (non-hydrogen) atoms. The van der Waals surface area contributed by atoms with E-state index in [2.05, 4.69) is 186 Å². The summed E-state index contributed by atoms with van der Waals surface area (Å²) in [6, 6.07) is 64.9. The highest BCUT2D eigenvalue weighted by atomic mass is 32.1. The second-order valence-corrected chi connectivity index (χ2v) is 15.1. The first-order valence-electron chi connectivity index (χ1n) is 17.9. The van der Waals surface area contributed by atoms with Crippen LogP contribution in [0.2, 0.25) is 0 Å². The number of aromatic nitrogens is 1. The summed E-state index contributed by atoms with van der Waals surface area (Å²) in [5.74, 6) is 0. The van der Waals surface area contributed by atoms with Crippen molar-refractivity contribution in [2.75, 3.05) is 5.32 Å². The summed E-state index contributed by atoms with van der Waals surface area (Å²) in [5.41, 5.74) is 16.2. The molecule has 1 spiro atoms. The molecule has 0 saturated carbocycles. The first kappa shape index (κ1) is 28.3. The van der Waals surface area contributed by atoms with Gasteiger partial charge in [-0.15, -0.1) is 11.3 Å². The Hall–Kier alpha value is -6.42. The molecule has 0 aliphatic heterocycles. The topological polar surface area (TPSA) is 17.0 Å². The van der Waals surface area contributed by atoms with Gasteiger partial charge >= 0.3 is 0 Å². The highest BCUT2D eigenvalue weighted by Crippen LogP contribution is 2.65. The fourth-order valence-electron chi connectivity index (χ4n) is 9.58. The molecule has 8 aromatic carbocycles. The molecule has 0 bridgehead atoms. The van der Waals surface area contributed by atoms with E-state index in [1.807, 2.05) is 11.3 Å². The molecule has 2 aliphatic rings. The molecule has 242 valence electrons. The maximum atomic E-state index is 3.71. The quantitative estimate of drug-likeness (QED) is 0.197. The van der Waals surface area contributed by atoms with Crippen LogP contribution in [0.25, 0.3) is 69.9 Å². The number of nitrogens with zero attached hydrogens (tertiary/aromatic N) is 1. The molecule has 2 aromatic heterocycles. The lowest BCUT2D eigenvalue weighted by Gasteiger charge is -2.30. The minimum absolute atomic E-state index is 0.421. The van der Waals surface area contributed by atoms with Gasteiger partial charge in [-0.05, 0) is 87.5 Å². The summed E-state index contributed by atoms with van der Waals surface area (Å²) in [7, 11) is 0. The van der Waals surface area contributed by atoms with Gasteiger partial charge in [0.25, 0.3) is 0 Å². The second-order valence-electron chi connectivity index (χ2n) is 14.1. The standard InChI is InChI=1S/C49H30N2S/c1-3-13-30(14-4-1)50-31-23-24-34-33-17-7-10-20-39(33)49(42(34)29-31)40-21-11-8-18-37(40)45-41(49)27-25-35-36-26-28-44-46(48(36)52-47(35)45)38-19-9-12-22-43(38)51(44)32-15-5-2-6-16-32/h1-29,50H. The lowest BCUT2D eigenvalue weighted by atomic mass is 9.70. The van der Waals surface area contributed by atoms with Crippen LogP contribution in [-0.2, 0) is 5.41 Å². The first-order valence-corrected chi connectivity index (χ1v) is 18.8. The van der Waals surface area contributed by atoms with Crippen LogP contribution in [0.3, 0.4) is 0 Å². The van der Waals surface area contributed by atoms with Crippen LogP contribution in [0.4, 0.5) is 11.4 Å². The van der Waals surface area contributed by atoms with Crippen molar-refractivity contribution < 1.29 is 0 Å². The fourth-order valence-corrected chi connectivity index (χ4v) is 11.0. The van der Waals surface area contributed by atoms with Crippen molar-refractivity contribution in [3.63, 3.8) is 0 Å². The summed E-state index contributed by atoms with van der Waals surface area (Å²) >= 11 is 1.97. The number of nitrogens with one attached hydrogen (secondary N) is 1. The van der Waals surface area contributed by atoms with Gasteiger partial charge in [0.2, 0.25) is 0 Å². The Kier molecular flexibility index (Phi) is 5.62. The molecule has 1 N–H and O–H groups in total. The highest BCUT2D eigenvalue weighted by Gasteiger charge is 2.52. The van der Waals surface area contributed by atoms with E-state index in [0.717, 1.165) is 11.4 Å². The van der Waals surface area contributed by atoms with E-state index in [1.165, 1.54) is 92.2 Å². The van der Waals surface area contributed by atoms with Crippen molar-refractivity contribution in [2.24, 2.45) is 0 Å². The maximum absolute atomic E-state index is 3.71. The summed E-state index contributed by atoms with van der Waals surface area (Å²) in [5, 5.41) is 8.99. The number of rotatable bonds is 3. The molecule has 10 aromatic rings. The number of hydrogen-bond acceptors (Lipinski definition) is 2. The van der Waals surface area contributed by atoms with Gasteiger partial charge in [0.1, 0.15) is 0 Å². The number of thiophene rings is 1. The highest BCUT2D eigenvalue weighted by molar-refractivity contribution is 7.27. The third-order valence-electron chi connectivity index (χ3n) is 11.6. The minimum atomic E-state index is -0.421. The van der Waals surface area contributed by atoms with Crippen LogP contribution in [0.5, 0.6) is 0 Å². The molecule has 0 saturated heterocycles. The Balaban J connectivity index is 1.17. The molecular weight excluding hydrogens is 649 g/mol. The molecule has 1 unspecified atom stereocenters. The molecule has 0 fully saturated rings. The minimum Gasteiger partial charge on any atom is -0.356 e. The molecule has 0 radical (unpaired) electrons. The number of fused-ring (bicyclic) bond motifs is 18. The van der Waals surface area contributed by atoms with Gasteiger partial charge in [0, 0.05) is 53.6 Å². The molecule has 12 rings (SSSR count). The van der Waals surface area contributed by atoms with E-state index < -0.39 is 5.41 Å². The lowest BCUT2D eigenvalue weighted by Crippen LogP contribution is -2.25. The average Bonchev–Trinajstić information content (AvgIpc) is 3.92. The second kappa shape index (κ2) is 10.3. The number of hydrogen-bond donors (Lipinski definition) is 1. The van der Waals surface area contributed by atoms with Crippen LogP contribution in [0.1, 0.15) is 22.3 Å². The van der Waals surface area contributed by atoms with E-state index in [9.17, 15) is 0 Å². The molecule has 2 nitrogen and oxygen atoms in total. The zero-order valence-electron chi connectivity index (χ0n) is 28.1. The summed E-state index contributed by atoms with van der Waals surface area (Å²) in [6.45, 7) is 0. The van der Waals surface area contributed by atoms with Gasteiger partial charge < -0.3 is 9.88 Å². The van der Waals surface area contributed by atoms with Crippen molar-refractivity contribution in [1.29, 1.82) is 0 Å². The van der Waals surface area contributed by atoms with Gasteiger partial charge in [-0.25, -0.2) is 0 Å². The van der Waals surface area contributed by atoms with Crippen LogP contribution < -0.4 is 5.32 Å². The van der Waals surface area contributed by atoms with Crippen LogP contribution >= 0.6 is 11.3 Å². The van der Waals surface area contributed by atoms with Gasteiger partial charge in [-0.1, -0.05) is 127 Å². The lowest BCUT2D eigenvalue weighted by molar-refractivity contribution is 0.795. The van der Waals surface area contributed by atoms with Crippen molar-refractivity contribution in [3.8, 4) is 27.9 Å². The Labute approximate surface area is 304 Å². The van der Waals surface area contributed by atoms with Gasteiger partial charge in [-0.2, -0.15) is 0 Å². The third kappa shape index (κ3) is 3.53. The van der Waals surface area contributed by atoms with Crippen molar-refractivity contribution in [2.45, 2.75) is 5.41 Å². The molecule has 2 aliphatic carbocycles. The predicted octanol–water partition coefficient (Wildman–Crippen LogP) is 13.2. The molecule has 1 atom stereocenters. The van der Waals surface area contributed by atoms with E-state index in [-0.39, 0.29) is 0 Å². The van der Waals surface area contributed by atoms with Gasteiger partial charge in [0.05, 0.1) is 16.4 Å². The van der Waals surface area contributed by atoms with Crippen LogP contribution in [0.15, 0.2) is 176 Å². The number of para-hydroxylation sites is 3. The van der Waals surface area contributed by atoms with E-state index in [1.54, 1.807) is 0 Å². The Morgan fingerprint density at radius 3 is 1.92 bits per heavy atom. The van der Waals surface area contributed by atoms with Gasteiger partial charge in [0.15, 0.2) is 0 Å². The summed E-state index contributed by atoms with van der Waals surface area (Å²) in [6.07, 6.45) is 0. The molecular formula is C49H30N2S. The number of anilines is 2. The van der Waals surface area contributed by atoms with Gasteiger partial charge in [-0.3, -0.25) is 0 Å². The summed E-state index contributed by atoms with van der Waals surface area (Å²) < 4.78 is 5.15. The Bertz CT molecular complexity index is 3100. The SMILES string of the molecule is c1ccc(Nc2ccc3c(c2)C2(c4ccccc4-3)c3ccccc3-c3c2ccc2c3sc3c2ccc2c3c3ccccc3n2-c2ccccc2)cc1. The Morgan fingerprint density at radius 1 is 0.423 bits per heavy atom. The maximum Gasteiger partial charge on any atom is 0.0726 e. The predicted molar refractivity (Wildman–Crippen MR) is 220 cm³/mol. The van der Waals surface area contributed by atoms with Crippen molar-refractivity contribution in [1.82, 2.24) is 4.57 Å². The third-order valence-corrected chi connectivity index (χ3v) is 12.8. The normalized spacial score (nSPS) is 15.4. The van der Waals surface area contributed by atoms with Crippen LogP contribution in [-0.4, -0.2) is 4.57 Å². The average molecular weight is 679 g/mol. The molecule has 0 amide bonds. The molecule has 3 heteroatoms. The zero-order valence-corrected chi connectivity index (χ0v) is 28.9. The van der Waals surface area contributed by atoms with Crippen LogP contribution in [0, 0.1) is 0 Å².